The molecule has 0 saturated carbocycles. The maximum atomic E-state index is 11.5. The molecule has 0 heterocycles. The summed E-state index contributed by atoms with van der Waals surface area (Å²) in [5.74, 6) is -0.691. The predicted molar refractivity (Wildman–Crippen MR) is 70.5 cm³/mol. The van der Waals surface area contributed by atoms with E-state index in [1.807, 2.05) is 0 Å². The number of sulfonamides is 1. The number of halogens is 1. The molecule has 1 aromatic rings. The fourth-order valence-electron chi connectivity index (χ4n) is 1.15. The van der Waals surface area contributed by atoms with Gasteiger partial charge >= 0.3 is 0 Å². The first-order valence-electron chi connectivity index (χ1n) is 4.32. The lowest BCUT2D eigenvalue weighted by molar-refractivity contribution is -0.116. The largest absolute Gasteiger partial charge is 0.368 e. The number of anilines is 1. The van der Waals surface area contributed by atoms with E-state index in [2.05, 4.69) is 22.6 Å². The summed E-state index contributed by atoms with van der Waals surface area (Å²) >= 11 is 2.11. The number of primary amides is 1. The third-order valence-corrected chi connectivity index (χ3v) is 3.67. The quantitative estimate of drug-likeness (QED) is 0.802. The van der Waals surface area contributed by atoms with Gasteiger partial charge < -0.3 is 5.73 Å². The van der Waals surface area contributed by atoms with E-state index < -0.39 is 15.9 Å². The maximum Gasteiger partial charge on any atom is 0.238 e. The molecule has 5 nitrogen and oxygen atoms in total. The number of carbonyl (C=O) groups is 1. The third-order valence-electron chi connectivity index (χ3n) is 1.81. The fraction of sp³-hybridized carbons (Fsp3) is 0.222. The molecular weight excluding hydrogens is 343 g/mol. The van der Waals surface area contributed by atoms with Crippen LogP contribution >= 0.6 is 22.6 Å². The van der Waals surface area contributed by atoms with Crippen molar-refractivity contribution in [3.05, 3.63) is 27.8 Å². The zero-order valence-electron chi connectivity index (χ0n) is 8.55. The van der Waals surface area contributed by atoms with Gasteiger partial charge in [0.25, 0.3) is 0 Å². The van der Waals surface area contributed by atoms with Crippen LogP contribution < -0.4 is 10.0 Å². The molecular formula is C9H11IN2O3S. The predicted octanol–water partition coefficient (Wildman–Crippen LogP) is 0.543. The van der Waals surface area contributed by atoms with Gasteiger partial charge in [-0.1, -0.05) is 0 Å². The van der Waals surface area contributed by atoms with Crippen LogP contribution in [0.15, 0.2) is 24.3 Å². The number of rotatable bonds is 4. The molecule has 0 fully saturated rings. The average molecular weight is 354 g/mol. The van der Waals surface area contributed by atoms with E-state index in [9.17, 15) is 13.2 Å². The monoisotopic (exact) mass is 354 g/mol. The van der Waals surface area contributed by atoms with Crippen LogP contribution in [-0.2, 0) is 14.8 Å². The summed E-state index contributed by atoms with van der Waals surface area (Å²) in [6.45, 7) is -0.348. The summed E-state index contributed by atoms with van der Waals surface area (Å²) in [5, 5.41) is 0. The van der Waals surface area contributed by atoms with Crippen LogP contribution in [0.2, 0.25) is 0 Å². The standard InChI is InChI=1S/C9H11IN2O3S/c1-16(14,15)12(6-9(11)13)8-4-2-7(10)3-5-8/h2-5H,6H2,1H3,(H2,11,13). The Morgan fingerprint density at radius 1 is 1.38 bits per heavy atom. The summed E-state index contributed by atoms with van der Waals surface area (Å²) in [6.07, 6.45) is 1.04. The summed E-state index contributed by atoms with van der Waals surface area (Å²) in [7, 11) is -3.50. The molecule has 88 valence electrons. The Labute approximate surface area is 108 Å². The molecule has 0 bridgehead atoms. The van der Waals surface area contributed by atoms with Crippen molar-refractivity contribution in [1.82, 2.24) is 0 Å². The van der Waals surface area contributed by atoms with Gasteiger partial charge in [0, 0.05) is 3.57 Å². The Bertz CT molecular complexity index is 484. The Morgan fingerprint density at radius 3 is 2.25 bits per heavy atom. The van der Waals surface area contributed by atoms with E-state index in [0.717, 1.165) is 14.1 Å². The highest BCUT2D eigenvalue weighted by molar-refractivity contribution is 14.1. The van der Waals surface area contributed by atoms with Crippen molar-refractivity contribution in [3.63, 3.8) is 0 Å². The second-order valence-corrected chi connectivity index (χ2v) is 6.36. The van der Waals surface area contributed by atoms with Crippen LogP contribution in [0.4, 0.5) is 5.69 Å². The lowest BCUT2D eigenvalue weighted by Crippen LogP contribution is -2.37. The second kappa shape index (κ2) is 5.00. The highest BCUT2D eigenvalue weighted by atomic mass is 127. The highest BCUT2D eigenvalue weighted by Crippen LogP contribution is 2.18. The molecule has 0 saturated heterocycles. The molecule has 0 atom stereocenters. The van der Waals surface area contributed by atoms with Crippen molar-refractivity contribution < 1.29 is 13.2 Å². The zero-order valence-corrected chi connectivity index (χ0v) is 11.5. The zero-order chi connectivity index (χ0) is 12.3. The molecule has 1 aromatic carbocycles. The molecule has 1 rings (SSSR count). The van der Waals surface area contributed by atoms with Gasteiger partial charge in [0.2, 0.25) is 15.9 Å². The fourth-order valence-corrected chi connectivity index (χ4v) is 2.37. The molecule has 16 heavy (non-hydrogen) atoms. The first-order chi connectivity index (χ1) is 7.30. The van der Waals surface area contributed by atoms with Crippen molar-refractivity contribution in [2.24, 2.45) is 5.73 Å². The third kappa shape index (κ3) is 3.63. The number of benzene rings is 1. The number of hydrogen-bond acceptors (Lipinski definition) is 3. The van der Waals surface area contributed by atoms with Crippen LogP contribution in [0.5, 0.6) is 0 Å². The Morgan fingerprint density at radius 2 is 1.88 bits per heavy atom. The van der Waals surface area contributed by atoms with Gasteiger partial charge in [-0.2, -0.15) is 0 Å². The van der Waals surface area contributed by atoms with Crippen molar-refractivity contribution >= 4 is 44.2 Å². The molecule has 0 aliphatic carbocycles. The van der Waals surface area contributed by atoms with E-state index in [-0.39, 0.29) is 6.54 Å². The lowest BCUT2D eigenvalue weighted by atomic mass is 10.3. The van der Waals surface area contributed by atoms with Gasteiger partial charge in [-0.05, 0) is 46.9 Å². The minimum Gasteiger partial charge on any atom is -0.368 e. The lowest BCUT2D eigenvalue weighted by Gasteiger charge is -2.20. The summed E-state index contributed by atoms with van der Waals surface area (Å²) in [5.41, 5.74) is 5.44. The number of carbonyl (C=O) groups excluding carboxylic acids is 1. The molecule has 2 N–H and O–H groups in total. The molecule has 1 amide bonds. The van der Waals surface area contributed by atoms with Crippen LogP contribution in [0.3, 0.4) is 0 Å². The molecule has 0 aliphatic heterocycles. The summed E-state index contributed by atoms with van der Waals surface area (Å²) in [6, 6.07) is 6.78. The minimum atomic E-state index is -3.50. The van der Waals surface area contributed by atoms with Crippen molar-refractivity contribution in [3.8, 4) is 0 Å². The minimum absolute atomic E-state index is 0.348. The van der Waals surface area contributed by atoms with Gasteiger partial charge in [-0.3, -0.25) is 9.10 Å². The maximum absolute atomic E-state index is 11.5. The normalized spacial score (nSPS) is 11.1. The summed E-state index contributed by atoms with van der Waals surface area (Å²) < 4.78 is 24.9. The Hall–Kier alpha value is -0.830. The van der Waals surface area contributed by atoms with Gasteiger partial charge in [0.05, 0.1) is 11.9 Å². The summed E-state index contributed by atoms with van der Waals surface area (Å²) in [4.78, 5) is 10.8. The number of amides is 1. The van der Waals surface area contributed by atoms with E-state index in [1.165, 1.54) is 0 Å². The number of nitrogens with zero attached hydrogens (tertiary/aromatic N) is 1. The molecule has 7 heteroatoms. The van der Waals surface area contributed by atoms with Crippen LogP contribution in [0.25, 0.3) is 0 Å². The van der Waals surface area contributed by atoms with Gasteiger partial charge in [-0.25, -0.2) is 8.42 Å². The molecule has 0 radical (unpaired) electrons. The van der Waals surface area contributed by atoms with E-state index in [1.54, 1.807) is 24.3 Å². The van der Waals surface area contributed by atoms with Gasteiger partial charge in [0.15, 0.2) is 0 Å². The number of hydrogen-bond donors (Lipinski definition) is 1. The smallest absolute Gasteiger partial charge is 0.238 e. The number of nitrogens with two attached hydrogens (primary N) is 1. The van der Waals surface area contributed by atoms with E-state index in [4.69, 9.17) is 5.73 Å². The van der Waals surface area contributed by atoms with Crippen LogP contribution in [0, 0.1) is 3.57 Å². The molecule has 0 aromatic heterocycles. The highest BCUT2D eigenvalue weighted by Gasteiger charge is 2.19. The first kappa shape index (κ1) is 13.2. The Balaban J connectivity index is 3.11. The van der Waals surface area contributed by atoms with E-state index in [0.29, 0.717) is 5.69 Å². The van der Waals surface area contributed by atoms with Crippen molar-refractivity contribution in [1.29, 1.82) is 0 Å². The topological polar surface area (TPSA) is 80.5 Å². The van der Waals surface area contributed by atoms with Gasteiger partial charge in [0.1, 0.15) is 6.54 Å². The van der Waals surface area contributed by atoms with Crippen LogP contribution in [-0.4, -0.2) is 27.1 Å². The molecule has 0 aliphatic rings. The second-order valence-electron chi connectivity index (χ2n) is 3.21. The molecule has 0 unspecified atom stereocenters. The Kier molecular flexibility index (Phi) is 4.14. The first-order valence-corrected chi connectivity index (χ1v) is 7.25. The molecule has 0 spiro atoms. The van der Waals surface area contributed by atoms with Gasteiger partial charge in [-0.15, -0.1) is 0 Å². The van der Waals surface area contributed by atoms with Crippen molar-refractivity contribution in [2.45, 2.75) is 0 Å². The van der Waals surface area contributed by atoms with Crippen molar-refractivity contribution in [2.75, 3.05) is 17.1 Å². The van der Waals surface area contributed by atoms with Crippen LogP contribution in [0.1, 0.15) is 0 Å². The SMILES string of the molecule is CS(=O)(=O)N(CC(N)=O)c1ccc(I)cc1. The van der Waals surface area contributed by atoms with E-state index >= 15 is 0 Å². The average Bonchev–Trinajstić information content (AvgIpc) is 2.14.